The molecule has 2 rings (SSSR count). The third-order valence-electron chi connectivity index (χ3n) is 2.91. The van der Waals surface area contributed by atoms with Gasteiger partial charge in [0.1, 0.15) is 9.79 Å². The van der Waals surface area contributed by atoms with E-state index in [9.17, 15) is 25.9 Å². The summed E-state index contributed by atoms with van der Waals surface area (Å²) in [5, 5.41) is 3.01. The van der Waals surface area contributed by atoms with Crippen molar-refractivity contribution < 1.29 is 25.9 Å². The summed E-state index contributed by atoms with van der Waals surface area (Å²) in [5.74, 6) is 0. The average Bonchev–Trinajstić information content (AvgIpc) is 2.41. The molecule has 0 bridgehead atoms. The Balaban J connectivity index is 3.05. The molecule has 3 N–H and O–H groups in total. The molecule has 2 aromatic carbocycles. The van der Waals surface area contributed by atoms with Crippen molar-refractivity contribution in [2.45, 2.75) is 9.79 Å². The Morgan fingerprint density at radius 3 is 2.18 bits per heavy atom. The highest BCUT2D eigenvalue weighted by Gasteiger charge is 2.30. The van der Waals surface area contributed by atoms with Gasteiger partial charge in [0.2, 0.25) is 0 Å². The van der Waals surface area contributed by atoms with Crippen molar-refractivity contribution in [3.63, 3.8) is 0 Å². The van der Waals surface area contributed by atoms with Crippen molar-refractivity contribution in [1.82, 2.24) is 0 Å². The highest BCUT2D eigenvalue weighted by atomic mass is 32.2. The summed E-state index contributed by atoms with van der Waals surface area (Å²) >= 11 is 0. The third-order valence-corrected chi connectivity index (χ3v) is 4.92. The fourth-order valence-electron chi connectivity index (χ4n) is 2.12. The van der Waals surface area contributed by atoms with Crippen LogP contribution in [0.15, 0.2) is 52.8 Å². The van der Waals surface area contributed by atoms with Crippen LogP contribution in [-0.4, -0.2) is 32.5 Å². The highest BCUT2D eigenvalue weighted by molar-refractivity contribution is 7.89. The molecule has 0 saturated carbocycles. The maximum Gasteiger partial charge on any atom is 0.298 e. The standard InChI is InChI=1S/C13H13NO6S2/c1-2-7-14-11-8-9-5-3-4-6-10(9)12(21(15,16)17)13(11)22(18,19)20/h2-6,8,14H,1,7H2,(H,15,16,17)(H,18,19,20). The normalized spacial score (nSPS) is 12.3. The minimum atomic E-state index is -4.91. The second-order valence-corrected chi connectivity index (χ2v) is 7.14. The van der Waals surface area contributed by atoms with E-state index in [0.29, 0.717) is 5.39 Å². The van der Waals surface area contributed by atoms with Crippen molar-refractivity contribution >= 4 is 36.7 Å². The predicted molar refractivity (Wildman–Crippen MR) is 82.3 cm³/mol. The molecule has 9 heteroatoms. The van der Waals surface area contributed by atoms with E-state index >= 15 is 0 Å². The fraction of sp³-hybridized carbons (Fsp3) is 0.0769. The van der Waals surface area contributed by atoms with Crippen molar-refractivity contribution in [2.24, 2.45) is 0 Å². The average molecular weight is 343 g/mol. The summed E-state index contributed by atoms with van der Waals surface area (Å²) in [6.07, 6.45) is 1.43. The molecule has 0 heterocycles. The van der Waals surface area contributed by atoms with Gasteiger partial charge in [-0.15, -0.1) is 6.58 Å². The molecule has 0 saturated heterocycles. The van der Waals surface area contributed by atoms with E-state index in [0.717, 1.165) is 0 Å². The van der Waals surface area contributed by atoms with E-state index in [-0.39, 0.29) is 17.6 Å². The van der Waals surface area contributed by atoms with Crippen molar-refractivity contribution in [2.75, 3.05) is 11.9 Å². The molecule has 0 aliphatic rings. The minimum absolute atomic E-state index is 0.0122. The van der Waals surface area contributed by atoms with Crippen LogP contribution in [0.1, 0.15) is 0 Å². The Bertz CT molecular complexity index is 948. The molecule has 2 aromatic rings. The topological polar surface area (TPSA) is 121 Å². The molecule has 0 unspecified atom stereocenters. The number of hydrogen-bond acceptors (Lipinski definition) is 5. The number of anilines is 1. The number of benzene rings is 2. The summed E-state index contributed by atoms with van der Waals surface area (Å²) < 4.78 is 65.5. The first-order valence-electron chi connectivity index (χ1n) is 6.01. The van der Waals surface area contributed by atoms with Gasteiger partial charge in [0.25, 0.3) is 20.2 Å². The monoisotopic (exact) mass is 343 g/mol. The van der Waals surface area contributed by atoms with Gasteiger partial charge in [-0.05, 0) is 11.5 Å². The number of rotatable bonds is 5. The van der Waals surface area contributed by atoms with Crippen LogP contribution in [-0.2, 0) is 20.2 Å². The van der Waals surface area contributed by atoms with Gasteiger partial charge in [-0.1, -0.05) is 30.3 Å². The summed E-state index contributed by atoms with van der Waals surface area (Å²) in [5.41, 5.74) is -0.145. The first-order chi connectivity index (χ1) is 10.2. The Morgan fingerprint density at radius 2 is 1.64 bits per heavy atom. The van der Waals surface area contributed by atoms with E-state index in [1.807, 2.05) is 0 Å². The molecule has 0 aliphatic heterocycles. The molecule has 22 heavy (non-hydrogen) atoms. The summed E-state index contributed by atoms with van der Waals surface area (Å²) in [6.45, 7) is 3.59. The summed E-state index contributed by atoms with van der Waals surface area (Å²) in [6, 6.07) is 7.38. The zero-order valence-corrected chi connectivity index (χ0v) is 12.9. The first kappa shape index (κ1) is 16.4. The van der Waals surface area contributed by atoms with Crippen LogP contribution >= 0.6 is 0 Å². The SMILES string of the molecule is C=CCNc1cc2ccccc2c(S(=O)(=O)O)c1S(=O)(=O)O. The molecular formula is C13H13NO6S2. The molecule has 0 spiro atoms. The quantitative estimate of drug-likeness (QED) is 0.560. The Labute approximate surface area is 127 Å². The van der Waals surface area contributed by atoms with E-state index in [1.165, 1.54) is 24.3 Å². The lowest BCUT2D eigenvalue weighted by molar-refractivity contribution is 0.468. The lowest BCUT2D eigenvalue weighted by Gasteiger charge is -2.15. The van der Waals surface area contributed by atoms with Crippen LogP contribution in [0.2, 0.25) is 0 Å². The number of fused-ring (bicyclic) bond motifs is 1. The zero-order valence-electron chi connectivity index (χ0n) is 11.2. The van der Waals surface area contributed by atoms with E-state index in [4.69, 9.17) is 0 Å². The largest absolute Gasteiger partial charge is 0.380 e. The van der Waals surface area contributed by atoms with Crippen molar-refractivity contribution in [3.8, 4) is 0 Å². The smallest absolute Gasteiger partial charge is 0.298 e. The highest BCUT2D eigenvalue weighted by Crippen LogP contribution is 2.35. The molecule has 118 valence electrons. The predicted octanol–water partition coefficient (Wildman–Crippen LogP) is 1.93. The Kier molecular flexibility index (Phi) is 4.25. The van der Waals surface area contributed by atoms with Gasteiger partial charge in [0.05, 0.1) is 5.69 Å². The van der Waals surface area contributed by atoms with Gasteiger partial charge in [-0.25, -0.2) is 0 Å². The second-order valence-electron chi connectivity index (χ2n) is 4.42. The van der Waals surface area contributed by atoms with Gasteiger partial charge >= 0.3 is 0 Å². The maximum atomic E-state index is 11.7. The van der Waals surface area contributed by atoms with Crippen LogP contribution in [0.5, 0.6) is 0 Å². The molecule has 0 aromatic heterocycles. The maximum absolute atomic E-state index is 11.7. The van der Waals surface area contributed by atoms with Crippen LogP contribution in [0.25, 0.3) is 10.8 Å². The Morgan fingerprint density at radius 1 is 1.05 bits per heavy atom. The molecule has 0 aliphatic carbocycles. The van der Waals surface area contributed by atoms with Gasteiger partial charge in [0, 0.05) is 11.9 Å². The fourth-order valence-corrected chi connectivity index (χ4v) is 4.31. The first-order valence-corrected chi connectivity index (χ1v) is 8.89. The second kappa shape index (κ2) is 5.69. The summed E-state index contributed by atoms with van der Waals surface area (Å²) in [4.78, 5) is -1.75. The van der Waals surface area contributed by atoms with E-state index < -0.39 is 30.0 Å². The number of hydrogen-bond donors (Lipinski definition) is 3. The zero-order chi connectivity index (χ0) is 16.5. The van der Waals surface area contributed by atoms with E-state index in [2.05, 4.69) is 11.9 Å². The summed E-state index contributed by atoms with van der Waals surface area (Å²) in [7, 11) is -9.80. The van der Waals surface area contributed by atoms with Gasteiger partial charge < -0.3 is 5.32 Å². The van der Waals surface area contributed by atoms with Crippen LogP contribution < -0.4 is 5.32 Å². The Hall–Kier alpha value is -1.94. The third kappa shape index (κ3) is 3.12. The van der Waals surface area contributed by atoms with E-state index in [1.54, 1.807) is 12.1 Å². The molecule has 0 atom stereocenters. The molecule has 0 radical (unpaired) electrons. The lowest BCUT2D eigenvalue weighted by atomic mass is 10.1. The van der Waals surface area contributed by atoms with Gasteiger partial charge in [-0.3, -0.25) is 9.11 Å². The van der Waals surface area contributed by atoms with Gasteiger partial charge in [-0.2, -0.15) is 16.8 Å². The van der Waals surface area contributed by atoms with Crippen LogP contribution in [0.3, 0.4) is 0 Å². The van der Waals surface area contributed by atoms with Crippen LogP contribution in [0.4, 0.5) is 5.69 Å². The van der Waals surface area contributed by atoms with Crippen molar-refractivity contribution in [3.05, 3.63) is 43.0 Å². The van der Waals surface area contributed by atoms with Gasteiger partial charge in [0.15, 0.2) is 0 Å². The van der Waals surface area contributed by atoms with Crippen LogP contribution in [0, 0.1) is 0 Å². The minimum Gasteiger partial charge on any atom is -0.380 e. The van der Waals surface area contributed by atoms with Crippen molar-refractivity contribution in [1.29, 1.82) is 0 Å². The molecule has 0 amide bonds. The number of nitrogens with one attached hydrogen (secondary N) is 1. The molecular weight excluding hydrogens is 330 g/mol. The lowest BCUT2D eigenvalue weighted by Crippen LogP contribution is -2.13. The molecule has 7 nitrogen and oxygen atoms in total. The molecule has 0 fully saturated rings.